The van der Waals surface area contributed by atoms with E-state index in [2.05, 4.69) is 20.4 Å². The van der Waals surface area contributed by atoms with Gasteiger partial charge in [-0.2, -0.15) is 6.29 Å². The second-order valence-electron chi connectivity index (χ2n) is 5.98. The van der Waals surface area contributed by atoms with E-state index in [1.54, 1.807) is 6.29 Å². The Morgan fingerprint density at radius 3 is 1.56 bits per heavy atom. The van der Waals surface area contributed by atoms with Crippen LogP contribution in [0.15, 0.2) is 69.5 Å². The third-order valence-electron chi connectivity index (χ3n) is 3.72. The number of hydrogen-bond acceptors (Lipinski definition) is 11. The van der Waals surface area contributed by atoms with Crippen molar-refractivity contribution < 1.29 is 77.7 Å². The molecule has 2 heterocycles. The number of hydrogen-bond donors (Lipinski definition) is 1. The second-order valence-corrected chi connectivity index (χ2v) is 5.98. The SMILES string of the molecule is CC(=O)c1nnc(Cc2ccccc2)o1.CO.O.O=[C-]c1nnc(Cc2ccccc2)o1.[Li+].[Li+].[OH-].[OH-]. The van der Waals surface area contributed by atoms with Crippen LogP contribution in [0.3, 0.4) is 0 Å². The fourth-order valence-electron chi connectivity index (χ4n) is 2.37. The molecule has 0 bridgehead atoms. The topological polar surface area (TPSA) is 224 Å². The Kier molecular flexibility index (Phi) is 25.2. The van der Waals surface area contributed by atoms with Crippen LogP contribution in [0.1, 0.15) is 46.4 Å². The number of aliphatic hydroxyl groups is 1. The monoisotopic (exact) mass is 487 g/mol. The standard InChI is InChI=1S/C11H10N2O2.C10H7N2O2.CH4O.2Li.3H2O/c1-8(14)11-13-12-10(15-11)7-9-5-3-2-4-6-9;13-7-10-12-11-9(14-10)6-8-4-2-1-3-5-8;1-2;;;;;/h2-6H,7H2,1H3;1-5H,6H2;2H,1H3;;;3*1H2/q;-1;;2*+1;;;/p-2. The third kappa shape index (κ3) is 13.8. The van der Waals surface area contributed by atoms with Crippen LogP contribution in [-0.4, -0.2) is 61.1 Å². The Bertz CT molecular complexity index is 1080. The normalized spacial score (nSPS) is 8.31. The molecule has 12 nitrogen and oxygen atoms in total. The van der Waals surface area contributed by atoms with Gasteiger partial charge in [0.05, 0.1) is 12.8 Å². The minimum absolute atomic E-state index is 0. The molecule has 2 aromatic carbocycles. The van der Waals surface area contributed by atoms with E-state index in [4.69, 9.17) is 13.9 Å². The van der Waals surface area contributed by atoms with Crippen molar-refractivity contribution in [3.8, 4) is 0 Å². The Labute approximate surface area is 231 Å². The summed E-state index contributed by atoms with van der Waals surface area (Å²) in [5, 5.41) is 21.6. The molecule has 0 atom stereocenters. The first kappa shape index (κ1) is 40.3. The van der Waals surface area contributed by atoms with Crippen molar-refractivity contribution in [2.24, 2.45) is 0 Å². The maximum atomic E-state index is 10.9. The van der Waals surface area contributed by atoms with Gasteiger partial charge < -0.3 is 35.2 Å². The molecule has 0 amide bonds. The second kappa shape index (κ2) is 22.6. The molecular formula is C22H25Li2N4O8-. The molecule has 0 aliphatic heterocycles. The maximum Gasteiger partial charge on any atom is 1.00 e. The van der Waals surface area contributed by atoms with Crippen molar-refractivity contribution in [2.75, 3.05) is 7.11 Å². The number of Topliss-reactive ketones (excluding diaryl/α,β-unsaturated/α-hetero) is 1. The molecule has 0 aliphatic rings. The molecule has 0 spiro atoms. The van der Waals surface area contributed by atoms with Crippen LogP contribution in [0, 0.1) is 0 Å². The number of rotatable bonds is 6. The zero-order chi connectivity index (χ0) is 22.5. The maximum absolute atomic E-state index is 10.9. The summed E-state index contributed by atoms with van der Waals surface area (Å²) in [6.45, 7) is 1.40. The van der Waals surface area contributed by atoms with Crippen molar-refractivity contribution in [3.63, 3.8) is 0 Å². The molecule has 0 saturated carbocycles. The van der Waals surface area contributed by atoms with Gasteiger partial charge >= 0.3 is 37.7 Å². The molecule has 0 unspecified atom stereocenters. The minimum atomic E-state index is -0.207. The quantitative estimate of drug-likeness (QED) is 0.155. The predicted molar refractivity (Wildman–Crippen MR) is 118 cm³/mol. The fourth-order valence-corrected chi connectivity index (χ4v) is 2.37. The smallest absolute Gasteiger partial charge is 0.870 e. The Hall–Kier alpha value is -2.91. The molecule has 4 aromatic rings. The van der Waals surface area contributed by atoms with Crippen LogP contribution in [-0.2, 0) is 17.6 Å². The van der Waals surface area contributed by atoms with Gasteiger partial charge in [0.2, 0.25) is 17.6 Å². The van der Waals surface area contributed by atoms with Gasteiger partial charge in [-0.1, -0.05) is 60.7 Å². The first-order chi connectivity index (χ1) is 15.1. The van der Waals surface area contributed by atoms with Crippen molar-refractivity contribution in [1.82, 2.24) is 20.4 Å². The number of nitrogens with zero attached hydrogens (tertiary/aromatic N) is 4. The number of aromatic nitrogens is 4. The number of aliphatic hydroxyl groups excluding tert-OH is 1. The summed E-state index contributed by atoms with van der Waals surface area (Å²) in [6.07, 6.45) is 2.64. The molecule has 0 saturated heterocycles. The van der Waals surface area contributed by atoms with Gasteiger partial charge in [-0.25, -0.2) is 0 Å². The largest absolute Gasteiger partial charge is 1.00 e. The third-order valence-corrected chi connectivity index (χ3v) is 3.72. The molecule has 2 aromatic heterocycles. The van der Waals surface area contributed by atoms with E-state index in [0.29, 0.717) is 24.6 Å². The molecular weight excluding hydrogens is 462 g/mol. The van der Waals surface area contributed by atoms with Gasteiger partial charge in [-0.3, -0.25) is 4.79 Å². The van der Waals surface area contributed by atoms with Gasteiger partial charge in [0.15, 0.2) is 0 Å². The van der Waals surface area contributed by atoms with E-state index >= 15 is 0 Å². The van der Waals surface area contributed by atoms with Crippen molar-refractivity contribution in [1.29, 1.82) is 0 Å². The summed E-state index contributed by atoms with van der Waals surface area (Å²) in [5.41, 5.74) is 2.14. The number of carbonyl (C=O) groups excluding carboxylic acids is 2. The van der Waals surface area contributed by atoms with Crippen LogP contribution in [0.25, 0.3) is 0 Å². The van der Waals surface area contributed by atoms with E-state index in [1.165, 1.54) is 6.92 Å². The van der Waals surface area contributed by atoms with Crippen LogP contribution in [0.5, 0.6) is 0 Å². The average molecular weight is 487 g/mol. The zero-order valence-electron chi connectivity index (χ0n) is 20.5. The summed E-state index contributed by atoms with van der Waals surface area (Å²) in [5.74, 6) is 0.652. The van der Waals surface area contributed by atoms with Crippen molar-refractivity contribution in [2.45, 2.75) is 19.8 Å². The van der Waals surface area contributed by atoms with E-state index in [1.807, 2.05) is 60.7 Å². The number of benzene rings is 2. The summed E-state index contributed by atoms with van der Waals surface area (Å²) < 4.78 is 10.2. The van der Waals surface area contributed by atoms with Crippen LogP contribution >= 0.6 is 0 Å². The average Bonchev–Trinajstić information content (AvgIpc) is 3.47. The van der Waals surface area contributed by atoms with E-state index in [0.717, 1.165) is 18.2 Å². The van der Waals surface area contributed by atoms with Crippen molar-refractivity contribution in [3.05, 3.63) is 95.4 Å². The Morgan fingerprint density at radius 1 is 0.778 bits per heavy atom. The first-order valence-electron chi connectivity index (χ1n) is 9.20. The van der Waals surface area contributed by atoms with Gasteiger partial charge in [0.25, 0.3) is 5.89 Å². The van der Waals surface area contributed by atoms with E-state index in [9.17, 15) is 9.59 Å². The van der Waals surface area contributed by atoms with Gasteiger partial charge in [-0.05, 0) is 11.1 Å². The molecule has 14 heteroatoms. The van der Waals surface area contributed by atoms with Crippen molar-refractivity contribution >= 4 is 12.1 Å². The molecule has 36 heavy (non-hydrogen) atoms. The van der Waals surface area contributed by atoms with E-state index in [-0.39, 0.29) is 71.7 Å². The zero-order valence-corrected chi connectivity index (χ0v) is 20.5. The Morgan fingerprint density at radius 2 is 1.19 bits per heavy atom. The predicted octanol–water partition coefficient (Wildman–Crippen LogP) is -4.58. The van der Waals surface area contributed by atoms with Gasteiger partial charge in [0.1, 0.15) is 5.89 Å². The summed E-state index contributed by atoms with van der Waals surface area (Å²) in [4.78, 5) is 21.1. The summed E-state index contributed by atoms with van der Waals surface area (Å²) >= 11 is 0. The van der Waals surface area contributed by atoms with Crippen LogP contribution < -0.4 is 37.7 Å². The summed E-state index contributed by atoms with van der Waals surface area (Å²) in [7, 11) is 1.00. The minimum Gasteiger partial charge on any atom is -0.870 e. The van der Waals surface area contributed by atoms with E-state index < -0.39 is 0 Å². The molecule has 184 valence electrons. The summed E-state index contributed by atoms with van der Waals surface area (Å²) in [6, 6.07) is 19.5. The number of carbonyl (C=O) groups is 1. The molecule has 0 aliphatic carbocycles. The molecule has 0 radical (unpaired) electrons. The fraction of sp³-hybridized carbons (Fsp3) is 0.182. The van der Waals surface area contributed by atoms with Gasteiger partial charge in [0, 0.05) is 14.0 Å². The van der Waals surface area contributed by atoms with Crippen LogP contribution in [0.4, 0.5) is 0 Å². The molecule has 0 fully saturated rings. The number of ketones is 1. The van der Waals surface area contributed by atoms with Gasteiger partial charge in [-0.15, -0.1) is 20.4 Å². The first-order valence-corrected chi connectivity index (χ1v) is 9.20. The van der Waals surface area contributed by atoms with Crippen LogP contribution in [0.2, 0.25) is 0 Å². The molecule has 4 rings (SSSR count). The molecule has 5 N–H and O–H groups in total. The Balaban J connectivity index is -0.000000236.